The fourth-order valence-electron chi connectivity index (χ4n) is 5.53. The lowest BCUT2D eigenvalue weighted by molar-refractivity contribution is 0.0603. The summed E-state index contributed by atoms with van der Waals surface area (Å²) in [4.78, 5) is 20.5. The third-order valence-electron chi connectivity index (χ3n) is 7.30. The lowest BCUT2D eigenvalue weighted by atomic mass is 9.95. The number of hydrogen-bond donors (Lipinski definition) is 2. The summed E-state index contributed by atoms with van der Waals surface area (Å²) < 4.78 is 7.41. The van der Waals surface area contributed by atoms with Gasteiger partial charge in [-0.2, -0.15) is 0 Å². The highest BCUT2D eigenvalue weighted by atomic mass is 32.1. The smallest absolute Gasteiger partial charge is 0.343 e. The van der Waals surface area contributed by atoms with Crippen LogP contribution in [0.15, 0.2) is 24.5 Å². The van der Waals surface area contributed by atoms with E-state index in [1.54, 1.807) is 0 Å². The van der Waals surface area contributed by atoms with E-state index < -0.39 is 5.97 Å². The average Bonchev–Trinajstić information content (AvgIpc) is 3.53. The zero-order chi connectivity index (χ0) is 23.1. The minimum absolute atomic E-state index is 0.141. The number of imidazole rings is 1. The van der Waals surface area contributed by atoms with Gasteiger partial charge in [0.15, 0.2) is 0 Å². The molecule has 0 radical (unpaired) electrons. The molecule has 176 valence electrons. The van der Waals surface area contributed by atoms with Crippen molar-refractivity contribution in [1.29, 1.82) is 0 Å². The molecule has 1 aliphatic heterocycles. The summed E-state index contributed by atoms with van der Waals surface area (Å²) in [6, 6.07) is 7.02. The number of carbonyl (C=O) groups is 1. The molecule has 2 atom stereocenters. The first-order valence-corrected chi connectivity index (χ1v) is 12.7. The van der Waals surface area contributed by atoms with Crippen LogP contribution in [0.4, 0.5) is 10.7 Å². The number of esters is 1. The predicted molar refractivity (Wildman–Crippen MR) is 133 cm³/mol. The quantitative estimate of drug-likeness (QED) is 0.520. The molecule has 5 rings (SSSR count). The monoisotopic (exact) mass is 468 g/mol. The largest absolute Gasteiger partial charge is 0.465 e. The van der Waals surface area contributed by atoms with Gasteiger partial charge in [0, 0.05) is 31.2 Å². The Morgan fingerprint density at radius 3 is 2.79 bits per heavy atom. The average molecular weight is 469 g/mol. The van der Waals surface area contributed by atoms with E-state index in [2.05, 4.69) is 34.6 Å². The molecule has 0 bridgehead atoms. The Hall–Kier alpha value is -2.58. The number of rotatable bonds is 5. The van der Waals surface area contributed by atoms with Crippen LogP contribution in [0, 0.1) is 5.92 Å². The summed E-state index contributed by atoms with van der Waals surface area (Å²) in [5.41, 5.74) is 10.5. The Labute approximate surface area is 198 Å². The van der Waals surface area contributed by atoms with Crippen LogP contribution in [0.5, 0.6) is 0 Å². The van der Waals surface area contributed by atoms with Crippen molar-refractivity contribution < 1.29 is 14.6 Å². The highest BCUT2D eigenvalue weighted by molar-refractivity contribution is 7.20. The topological polar surface area (TPSA) is 93.6 Å². The summed E-state index contributed by atoms with van der Waals surface area (Å²) in [5.74, 6) is -0.232. The highest BCUT2D eigenvalue weighted by Gasteiger charge is 2.35. The molecule has 2 unspecified atom stereocenters. The van der Waals surface area contributed by atoms with Crippen molar-refractivity contribution in [2.75, 3.05) is 30.9 Å². The highest BCUT2D eigenvalue weighted by Crippen LogP contribution is 2.47. The van der Waals surface area contributed by atoms with Crippen molar-refractivity contribution in [2.45, 2.75) is 57.5 Å². The van der Waals surface area contributed by atoms with Gasteiger partial charge >= 0.3 is 5.97 Å². The molecule has 7 nitrogen and oxygen atoms in total. The van der Waals surface area contributed by atoms with Crippen molar-refractivity contribution >= 4 is 39.0 Å². The summed E-state index contributed by atoms with van der Waals surface area (Å²) in [6.07, 6.45) is 9.14. The summed E-state index contributed by atoms with van der Waals surface area (Å²) in [7, 11) is 1.39. The van der Waals surface area contributed by atoms with E-state index in [-0.39, 0.29) is 18.6 Å². The van der Waals surface area contributed by atoms with Crippen LogP contribution < -0.4 is 10.6 Å². The van der Waals surface area contributed by atoms with Crippen molar-refractivity contribution in [2.24, 2.45) is 5.92 Å². The van der Waals surface area contributed by atoms with Gasteiger partial charge in [0.2, 0.25) is 0 Å². The fourth-order valence-corrected chi connectivity index (χ4v) is 6.85. The van der Waals surface area contributed by atoms with Crippen LogP contribution in [-0.4, -0.2) is 46.9 Å². The van der Waals surface area contributed by atoms with Crippen molar-refractivity contribution in [3.8, 4) is 10.4 Å². The van der Waals surface area contributed by atoms with Gasteiger partial charge in [0.25, 0.3) is 0 Å². The number of ether oxygens (including phenoxy) is 1. The molecule has 3 aromatic rings. The van der Waals surface area contributed by atoms with Crippen LogP contribution in [0.3, 0.4) is 0 Å². The van der Waals surface area contributed by atoms with E-state index in [1.165, 1.54) is 50.6 Å². The van der Waals surface area contributed by atoms with Gasteiger partial charge in [0.05, 0.1) is 35.0 Å². The first kappa shape index (κ1) is 22.2. The number of methoxy groups -OCH3 is 1. The molecule has 1 aliphatic carbocycles. The molecule has 2 fully saturated rings. The minimum atomic E-state index is -0.424. The first-order valence-electron chi connectivity index (χ1n) is 11.9. The van der Waals surface area contributed by atoms with Crippen LogP contribution in [-0.2, 0) is 4.74 Å². The number of nitrogens with two attached hydrogens (primary N) is 1. The van der Waals surface area contributed by atoms with Gasteiger partial charge in [-0.3, -0.25) is 0 Å². The van der Waals surface area contributed by atoms with E-state index in [4.69, 9.17) is 15.5 Å². The second-order valence-corrected chi connectivity index (χ2v) is 10.4. The van der Waals surface area contributed by atoms with Gasteiger partial charge in [-0.25, -0.2) is 9.78 Å². The van der Waals surface area contributed by atoms with E-state index in [1.807, 2.05) is 6.33 Å². The number of aliphatic hydroxyl groups is 1. The van der Waals surface area contributed by atoms with Crippen molar-refractivity contribution in [1.82, 2.24) is 9.55 Å². The van der Waals surface area contributed by atoms with E-state index in [0.717, 1.165) is 32.9 Å². The number of thiophene rings is 1. The molecule has 1 saturated heterocycles. The van der Waals surface area contributed by atoms with Crippen molar-refractivity contribution in [3.05, 3.63) is 30.1 Å². The molecule has 0 amide bonds. The first-order chi connectivity index (χ1) is 16.0. The molecule has 0 spiro atoms. The van der Waals surface area contributed by atoms with Crippen LogP contribution >= 0.6 is 11.3 Å². The molecular formula is C25H32N4O3S. The number of carbonyl (C=O) groups excluding carboxylic acids is 1. The van der Waals surface area contributed by atoms with Crippen LogP contribution in [0.25, 0.3) is 21.5 Å². The number of nitrogen functional groups attached to an aromatic ring is 1. The zero-order valence-electron chi connectivity index (χ0n) is 19.3. The molecule has 1 aromatic carbocycles. The van der Waals surface area contributed by atoms with Gasteiger partial charge in [-0.1, -0.05) is 25.3 Å². The summed E-state index contributed by atoms with van der Waals surface area (Å²) in [6.45, 7) is 2.96. The lowest BCUT2D eigenvalue weighted by Gasteiger charge is -2.23. The number of nitrogens with zero attached hydrogens (tertiary/aromatic N) is 3. The summed E-state index contributed by atoms with van der Waals surface area (Å²) in [5, 5.41) is 10.5. The molecule has 2 aromatic heterocycles. The molecular weight excluding hydrogens is 436 g/mol. The Kier molecular flexibility index (Phi) is 6.05. The molecule has 3 heterocycles. The van der Waals surface area contributed by atoms with Crippen LogP contribution in [0.2, 0.25) is 0 Å². The maximum absolute atomic E-state index is 12.7. The number of benzene rings is 1. The zero-order valence-corrected chi connectivity index (χ0v) is 20.1. The Morgan fingerprint density at radius 2 is 2.09 bits per heavy atom. The lowest BCUT2D eigenvalue weighted by Crippen LogP contribution is -2.28. The molecule has 2 aliphatic rings. The Balaban J connectivity index is 1.55. The molecule has 33 heavy (non-hydrogen) atoms. The fraction of sp³-hybridized carbons (Fsp3) is 0.520. The second-order valence-electron chi connectivity index (χ2n) is 9.45. The number of aromatic nitrogens is 2. The molecule has 3 N–H and O–H groups in total. The third kappa shape index (κ3) is 3.89. The number of aliphatic hydroxyl groups excluding tert-OH is 1. The number of fused-ring (bicyclic) bond motifs is 1. The third-order valence-corrected chi connectivity index (χ3v) is 8.59. The van der Waals surface area contributed by atoms with E-state index in [9.17, 15) is 9.90 Å². The van der Waals surface area contributed by atoms with Gasteiger partial charge in [-0.15, -0.1) is 11.3 Å². The maximum Gasteiger partial charge on any atom is 0.343 e. The molecule has 8 heteroatoms. The normalized spacial score (nSPS) is 21.7. The van der Waals surface area contributed by atoms with E-state index >= 15 is 0 Å². The Bertz CT molecular complexity index is 1160. The van der Waals surface area contributed by atoms with Crippen molar-refractivity contribution in [3.63, 3.8) is 0 Å². The Morgan fingerprint density at radius 1 is 1.30 bits per heavy atom. The number of anilines is 2. The molecule has 1 saturated carbocycles. The summed E-state index contributed by atoms with van der Waals surface area (Å²) >= 11 is 1.52. The predicted octanol–water partition coefficient (Wildman–Crippen LogP) is 4.85. The second kappa shape index (κ2) is 8.99. The van der Waals surface area contributed by atoms with Gasteiger partial charge < -0.3 is 25.0 Å². The number of hydrogen-bond acceptors (Lipinski definition) is 7. The van der Waals surface area contributed by atoms with E-state index in [0.29, 0.717) is 23.8 Å². The minimum Gasteiger partial charge on any atom is -0.465 e. The SMILES string of the molecule is COC(=O)c1c(N2CC(CO)CC2C)sc(-c2ccc3c(c2)ncn3C2CCCCC2)c1N. The van der Waals surface area contributed by atoms with Crippen LogP contribution in [0.1, 0.15) is 61.8 Å². The van der Waals surface area contributed by atoms with Gasteiger partial charge in [-0.05, 0) is 43.9 Å². The maximum atomic E-state index is 12.7. The van der Waals surface area contributed by atoms with Gasteiger partial charge in [0.1, 0.15) is 10.6 Å². The standard InChI is InChI=1S/C25H32N4O3S/c1-15-10-16(13-30)12-28(15)24-21(25(31)32-2)22(26)23(33-24)17-8-9-20-19(11-17)27-14-29(20)18-6-4-3-5-7-18/h8-9,11,14-16,18,30H,3-7,10,12-13,26H2,1-2H3.